The van der Waals surface area contributed by atoms with Crippen LogP contribution in [-0.2, 0) is 0 Å². The molecule has 24 heavy (non-hydrogen) atoms. The summed E-state index contributed by atoms with van der Waals surface area (Å²) in [7, 11) is 0. The van der Waals surface area contributed by atoms with E-state index in [1.54, 1.807) is 0 Å². The summed E-state index contributed by atoms with van der Waals surface area (Å²) in [6, 6.07) is 16.8. The van der Waals surface area contributed by atoms with Gasteiger partial charge in [-0.15, -0.1) is 0 Å². The van der Waals surface area contributed by atoms with Crippen LogP contribution in [0.5, 0.6) is 0 Å². The molecule has 1 saturated heterocycles. The van der Waals surface area contributed by atoms with Crippen molar-refractivity contribution in [2.75, 3.05) is 23.7 Å². The number of urea groups is 1. The predicted octanol–water partition coefficient (Wildman–Crippen LogP) is 4.41. The van der Waals surface area contributed by atoms with Crippen LogP contribution in [0, 0.1) is 13.8 Å². The number of hydrogen-bond acceptors (Lipinski definition) is 2. The minimum Gasteiger partial charge on any atom is -0.382 e. The Kier molecular flexibility index (Phi) is 5.04. The Hall–Kier alpha value is -2.49. The molecule has 2 N–H and O–H groups in total. The second-order valence-corrected chi connectivity index (χ2v) is 6.52. The summed E-state index contributed by atoms with van der Waals surface area (Å²) in [4.78, 5) is 14.3. The zero-order valence-electron chi connectivity index (χ0n) is 14.4. The zero-order chi connectivity index (χ0) is 16.9. The van der Waals surface area contributed by atoms with Crippen molar-refractivity contribution in [3.05, 3.63) is 59.7 Å². The first-order valence-electron chi connectivity index (χ1n) is 8.56. The van der Waals surface area contributed by atoms with Gasteiger partial charge in [-0.2, -0.15) is 0 Å². The number of carbonyl (C=O) groups is 1. The third-order valence-electron chi connectivity index (χ3n) is 4.59. The van der Waals surface area contributed by atoms with E-state index in [0.717, 1.165) is 42.9 Å². The van der Waals surface area contributed by atoms with Gasteiger partial charge in [-0.05, 0) is 50.5 Å². The number of carbonyl (C=O) groups excluding carboxylic acids is 1. The molecule has 2 aromatic carbocycles. The number of hydrogen-bond donors (Lipinski definition) is 2. The van der Waals surface area contributed by atoms with Gasteiger partial charge in [0, 0.05) is 30.5 Å². The first-order valence-corrected chi connectivity index (χ1v) is 8.56. The summed E-state index contributed by atoms with van der Waals surface area (Å²) in [6.07, 6.45) is 1.93. The molecule has 0 unspecified atom stereocenters. The molecule has 0 bridgehead atoms. The summed E-state index contributed by atoms with van der Waals surface area (Å²) in [5.41, 5.74) is 4.40. The van der Waals surface area contributed by atoms with Gasteiger partial charge in [-0.25, -0.2) is 4.79 Å². The number of likely N-dealkylation sites (tertiary alicyclic amines) is 1. The van der Waals surface area contributed by atoms with Crippen molar-refractivity contribution in [1.29, 1.82) is 0 Å². The number of nitrogens with zero attached hydrogens (tertiary/aromatic N) is 1. The predicted molar refractivity (Wildman–Crippen MR) is 99.6 cm³/mol. The topological polar surface area (TPSA) is 44.4 Å². The number of anilines is 2. The minimum absolute atomic E-state index is 0.00177. The van der Waals surface area contributed by atoms with Crippen molar-refractivity contribution in [1.82, 2.24) is 4.90 Å². The second-order valence-electron chi connectivity index (χ2n) is 6.52. The maximum Gasteiger partial charge on any atom is 0.321 e. The number of benzene rings is 2. The largest absolute Gasteiger partial charge is 0.382 e. The van der Waals surface area contributed by atoms with Gasteiger partial charge in [-0.3, -0.25) is 0 Å². The van der Waals surface area contributed by atoms with Crippen molar-refractivity contribution in [2.24, 2.45) is 0 Å². The lowest BCUT2D eigenvalue weighted by molar-refractivity contribution is 0.197. The summed E-state index contributed by atoms with van der Waals surface area (Å²) in [6.45, 7) is 5.66. The van der Waals surface area contributed by atoms with Crippen molar-refractivity contribution < 1.29 is 4.79 Å². The number of rotatable bonds is 3. The minimum atomic E-state index is -0.00177. The highest BCUT2D eigenvalue weighted by Crippen LogP contribution is 2.19. The molecule has 0 saturated carbocycles. The van der Waals surface area contributed by atoms with Crippen LogP contribution in [0.1, 0.15) is 24.0 Å². The molecule has 4 nitrogen and oxygen atoms in total. The highest BCUT2D eigenvalue weighted by Gasteiger charge is 2.22. The Bertz CT molecular complexity index is 688. The van der Waals surface area contributed by atoms with Crippen LogP contribution in [0.4, 0.5) is 16.2 Å². The van der Waals surface area contributed by atoms with E-state index in [4.69, 9.17) is 0 Å². The van der Waals surface area contributed by atoms with Gasteiger partial charge in [0.1, 0.15) is 0 Å². The molecule has 2 amide bonds. The molecule has 4 heteroatoms. The van der Waals surface area contributed by atoms with E-state index in [0.29, 0.717) is 6.04 Å². The van der Waals surface area contributed by atoms with Crippen molar-refractivity contribution in [3.63, 3.8) is 0 Å². The zero-order valence-corrected chi connectivity index (χ0v) is 14.4. The first kappa shape index (κ1) is 16.4. The highest BCUT2D eigenvalue weighted by atomic mass is 16.2. The fourth-order valence-electron chi connectivity index (χ4n) is 3.02. The molecule has 3 rings (SSSR count). The molecule has 126 valence electrons. The van der Waals surface area contributed by atoms with E-state index < -0.39 is 0 Å². The summed E-state index contributed by atoms with van der Waals surface area (Å²) >= 11 is 0. The highest BCUT2D eigenvalue weighted by molar-refractivity contribution is 5.90. The first-order chi connectivity index (χ1) is 11.6. The average molecular weight is 323 g/mol. The van der Waals surface area contributed by atoms with Gasteiger partial charge in [-0.1, -0.05) is 35.9 Å². The molecule has 1 aliphatic rings. The van der Waals surface area contributed by atoms with E-state index in [1.807, 2.05) is 36.1 Å². The molecule has 0 radical (unpaired) electrons. The number of aryl methyl sites for hydroxylation is 2. The quantitative estimate of drug-likeness (QED) is 0.878. The van der Waals surface area contributed by atoms with Gasteiger partial charge in [0.05, 0.1) is 0 Å². The Morgan fingerprint density at radius 1 is 1.00 bits per heavy atom. The van der Waals surface area contributed by atoms with Gasteiger partial charge < -0.3 is 15.5 Å². The molecule has 1 fully saturated rings. The van der Waals surface area contributed by atoms with E-state index in [-0.39, 0.29) is 6.03 Å². The van der Waals surface area contributed by atoms with E-state index in [9.17, 15) is 4.79 Å². The van der Waals surface area contributed by atoms with E-state index in [2.05, 4.69) is 41.8 Å². The third-order valence-corrected chi connectivity index (χ3v) is 4.59. The van der Waals surface area contributed by atoms with Crippen LogP contribution in [0.3, 0.4) is 0 Å². The lowest BCUT2D eigenvalue weighted by Crippen LogP contribution is -2.44. The van der Waals surface area contributed by atoms with Crippen molar-refractivity contribution in [2.45, 2.75) is 32.7 Å². The molecular weight excluding hydrogens is 298 g/mol. The molecular formula is C20H25N3O. The Morgan fingerprint density at radius 3 is 2.33 bits per heavy atom. The van der Waals surface area contributed by atoms with Gasteiger partial charge >= 0.3 is 6.03 Å². The maximum absolute atomic E-state index is 12.4. The average Bonchev–Trinajstić information content (AvgIpc) is 2.59. The smallest absolute Gasteiger partial charge is 0.321 e. The monoisotopic (exact) mass is 323 g/mol. The van der Waals surface area contributed by atoms with Crippen LogP contribution in [0.15, 0.2) is 48.5 Å². The molecule has 0 aromatic heterocycles. The van der Waals surface area contributed by atoms with Crippen molar-refractivity contribution in [3.8, 4) is 0 Å². The molecule has 1 aliphatic heterocycles. The lowest BCUT2D eigenvalue weighted by Gasteiger charge is -2.33. The summed E-state index contributed by atoms with van der Waals surface area (Å²) in [5.74, 6) is 0. The third kappa shape index (κ3) is 4.07. The van der Waals surface area contributed by atoms with Crippen LogP contribution in [0.2, 0.25) is 0 Å². The number of nitrogens with one attached hydrogen (secondary N) is 2. The van der Waals surface area contributed by atoms with Gasteiger partial charge in [0.2, 0.25) is 0 Å². The summed E-state index contributed by atoms with van der Waals surface area (Å²) in [5, 5.41) is 6.59. The van der Waals surface area contributed by atoms with E-state index >= 15 is 0 Å². The maximum atomic E-state index is 12.4. The van der Waals surface area contributed by atoms with Gasteiger partial charge in [0.25, 0.3) is 0 Å². The van der Waals surface area contributed by atoms with E-state index in [1.165, 1.54) is 5.56 Å². The number of para-hydroxylation sites is 1. The molecule has 2 aromatic rings. The fourth-order valence-corrected chi connectivity index (χ4v) is 3.02. The standard InChI is InChI=1S/C20H25N3O/c1-15-7-9-17(10-8-15)21-18-11-13-23(14-12-18)20(24)22-19-6-4-3-5-16(19)2/h3-10,18,21H,11-14H2,1-2H3,(H,22,24). The lowest BCUT2D eigenvalue weighted by atomic mass is 10.0. The van der Waals surface area contributed by atoms with Gasteiger partial charge in [0.15, 0.2) is 0 Å². The van der Waals surface area contributed by atoms with Crippen molar-refractivity contribution >= 4 is 17.4 Å². The Morgan fingerprint density at radius 2 is 1.67 bits per heavy atom. The Balaban J connectivity index is 1.50. The molecule has 0 aliphatic carbocycles. The normalized spacial score (nSPS) is 15.2. The Labute approximate surface area is 143 Å². The van der Waals surface area contributed by atoms with Crippen LogP contribution < -0.4 is 10.6 Å². The molecule has 1 heterocycles. The summed E-state index contributed by atoms with van der Waals surface area (Å²) < 4.78 is 0. The van der Waals surface area contributed by atoms with Crippen LogP contribution in [-0.4, -0.2) is 30.1 Å². The van der Waals surface area contributed by atoms with Crippen LogP contribution in [0.25, 0.3) is 0 Å². The molecule has 0 spiro atoms. The fraction of sp³-hybridized carbons (Fsp3) is 0.350. The number of piperidine rings is 1. The SMILES string of the molecule is Cc1ccc(NC2CCN(C(=O)Nc3ccccc3C)CC2)cc1. The number of amides is 2. The van der Waals surface area contributed by atoms with Crippen LogP contribution >= 0.6 is 0 Å². The molecule has 0 atom stereocenters. The second kappa shape index (κ2) is 7.39.